The van der Waals surface area contributed by atoms with Crippen molar-refractivity contribution >= 4 is 0 Å². The molecule has 2 N–H and O–H groups in total. The van der Waals surface area contributed by atoms with Crippen molar-refractivity contribution in [3.05, 3.63) is 72.2 Å². The van der Waals surface area contributed by atoms with E-state index in [0.29, 0.717) is 6.54 Å². The van der Waals surface area contributed by atoms with Crippen molar-refractivity contribution in [2.45, 2.75) is 6.54 Å². The SMILES string of the molecule is C1=C(CNNCc2ccccc2)Oc2ccccc2O1. The minimum absolute atomic E-state index is 0.557. The highest BCUT2D eigenvalue weighted by molar-refractivity contribution is 5.42. The Morgan fingerprint density at radius 2 is 1.45 bits per heavy atom. The summed E-state index contributed by atoms with van der Waals surface area (Å²) in [6.07, 6.45) is 1.62. The van der Waals surface area contributed by atoms with Gasteiger partial charge in [0.2, 0.25) is 0 Å². The Kier molecular flexibility index (Phi) is 3.96. The van der Waals surface area contributed by atoms with Crippen LogP contribution in [0.1, 0.15) is 5.56 Å². The second-order valence-electron chi connectivity index (χ2n) is 4.44. The lowest BCUT2D eigenvalue weighted by molar-refractivity contribution is 0.309. The first-order chi connectivity index (χ1) is 9.92. The quantitative estimate of drug-likeness (QED) is 0.646. The van der Waals surface area contributed by atoms with Crippen molar-refractivity contribution in [1.82, 2.24) is 10.9 Å². The highest BCUT2D eigenvalue weighted by Crippen LogP contribution is 2.31. The number of para-hydroxylation sites is 2. The van der Waals surface area contributed by atoms with Crippen LogP contribution < -0.4 is 20.3 Å². The molecular formula is C16H16N2O2. The minimum atomic E-state index is 0.557. The maximum atomic E-state index is 5.72. The van der Waals surface area contributed by atoms with E-state index in [-0.39, 0.29) is 0 Å². The zero-order valence-corrected chi connectivity index (χ0v) is 11.0. The van der Waals surface area contributed by atoms with Gasteiger partial charge in [-0.2, -0.15) is 0 Å². The Morgan fingerprint density at radius 1 is 0.750 bits per heavy atom. The van der Waals surface area contributed by atoms with Crippen molar-refractivity contribution < 1.29 is 9.47 Å². The Labute approximate surface area is 118 Å². The normalized spacial score (nSPS) is 12.9. The summed E-state index contributed by atoms with van der Waals surface area (Å²) in [6, 6.07) is 17.8. The van der Waals surface area contributed by atoms with Crippen LogP contribution in [0.15, 0.2) is 66.6 Å². The molecule has 0 atom stereocenters. The maximum Gasteiger partial charge on any atom is 0.169 e. The van der Waals surface area contributed by atoms with E-state index in [9.17, 15) is 0 Å². The zero-order valence-electron chi connectivity index (χ0n) is 11.0. The Hall–Kier alpha value is -2.30. The lowest BCUT2D eigenvalue weighted by Gasteiger charge is -2.18. The Morgan fingerprint density at radius 3 is 2.30 bits per heavy atom. The van der Waals surface area contributed by atoms with E-state index in [1.54, 1.807) is 6.26 Å². The third-order valence-corrected chi connectivity index (χ3v) is 2.93. The number of rotatable bonds is 5. The second kappa shape index (κ2) is 6.23. The molecule has 4 heteroatoms. The molecule has 0 spiro atoms. The summed E-state index contributed by atoms with van der Waals surface area (Å²) in [6.45, 7) is 1.31. The molecule has 0 radical (unpaired) electrons. The third-order valence-electron chi connectivity index (χ3n) is 2.93. The van der Waals surface area contributed by atoms with Gasteiger partial charge in [-0.05, 0) is 17.7 Å². The van der Waals surface area contributed by atoms with Gasteiger partial charge in [-0.3, -0.25) is 5.43 Å². The molecule has 0 amide bonds. The van der Waals surface area contributed by atoms with Gasteiger partial charge < -0.3 is 9.47 Å². The number of benzene rings is 2. The van der Waals surface area contributed by atoms with Gasteiger partial charge in [-0.15, -0.1) is 0 Å². The van der Waals surface area contributed by atoms with Gasteiger partial charge >= 0.3 is 0 Å². The molecule has 4 nitrogen and oxygen atoms in total. The number of ether oxygens (including phenoxy) is 2. The zero-order chi connectivity index (χ0) is 13.6. The number of hydrazine groups is 1. The summed E-state index contributed by atoms with van der Waals surface area (Å²) in [5, 5.41) is 0. The van der Waals surface area contributed by atoms with Gasteiger partial charge in [0.15, 0.2) is 17.3 Å². The number of hydrogen-bond donors (Lipinski definition) is 2. The standard InChI is InChI=1S/C16H16N2O2/c1-2-6-13(7-3-1)10-17-18-11-14-12-19-15-8-4-5-9-16(15)20-14/h1-9,12,17-18H,10-11H2. The highest BCUT2D eigenvalue weighted by Gasteiger charge is 2.12. The fourth-order valence-corrected chi connectivity index (χ4v) is 1.91. The largest absolute Gasteiger partial charge is 0.457 e. The first-order valence-electron chi connectivity index (χ1n) is 6.54. The number of hydrogen-bond acceptors (Lipinski definition) is 4. The van der Waals surface area contributed by atoms with Gasteiger partial charge in [-0.25, -0.2) is 5.43 Å². The van der Waals surface area contributed by atoms with E-state index in [4.69, 9.17) is 9.47 Å². The molecule has 1 aliphatic heterocycles. The first kappa shape index (κ1) is 12.7. The van der Waals surface area contributed by atoms with Crippen LogP contribution in [0, 0.1) is 0 Å². The van der Waals surface area contributed by atoms with E-state index >= 15 is 0 Å². The highest BCUT2D eigenvalue weighted by atomic mass is 16.6. The lowest BCUT2D eigenvalue weighted by atomic mass is 10.2. The van der Waals surface area contributed by atoms with Crippen molar-refractivity contribution in [3.63, 3.8) is 0 Å². The van der Waals surface area contributed by atoms with Crippen LogP contribution in [0.4, 0.5) is 0 Å². The van der Waals surface area contributed by atoms with Gasteiger partial charge in [-0.1, -0.05) is 42.5 Å². The van der Waals surface area contributed by atoms with Crippen LogP contribution in [-0.4, -0.2) is 6.54 Å². The Balaban J connectivity index is 1.45. The molecule has 0 aromatic heterocycles. The van der Waals surface area contributed by atoms with Crippen molar-refractivity contribution in [2.75, 3.05) is 6.54 Å². The topological polar surface area (TPSA) is 42.5 Å². The van der Waals surface area contributed by atoms with Crippen LogP contribution in [0.3, 0.4) is 0 Å². The van der Waals surface area contributed by atoms with E-state index in [1.165, 1.54) is 5.56 Å². The molecule has 1 aliphatic rings. The molecule has 102 valence electrons. The third kappa shape index (κ3) is 3.17. The molecule has 0 saturated carbocycles. The molecule has 0 fully saturated rings. The molecular weight excluding hydrogens is 252 g/mol. The van der Waals surface area contributed by atoms with Gasteiger partial charge in [0, 0.05) is 6.54 Å². The molecule has 0 unspecified atom stereocenters. The van der Waals surface area contributed by atoms with Crippen LogP contribution in [0.25, 0.3) is 0 Å². The molecule has 1 heterocycles. The fraction of sp³-hybridized carbons (Fsp3) is 0.125. The summed E-state index contributed by atoms with van der Waals surface area (Å²) < 4.78 is 11.2. The molecule has 0 saturated heterocycles. The molecule has 0 bridgehead atoms. The van der Waals surface area contributed by atoms with Gasteiger partial charge in [0.1, 0.15) is 6.26 Å². The maximum absolute atomic E-state index is 5.72. The van der Waals surface area contributed by atoms with Gasteiger partial charge in [0.25, 0.3) is 0 Å². The van der Waals surface area contributed by atoms with Crippen LogP contribution in [0.2, 0.25) is 0 Å². The molecule has 20 heavy (non-hydrogen) atoms. The monoisotopic (exact) mass is 268 g/mol. The minimum Gasteiger partial charge on any atom is -0.457 e. The predicted octanol–water partition coefficient (Wildman–Crippen LogP) is 2.59. The van der Waals surface area contributed by atoms with Crippen molar-refractivity contribution in [1.29, 1.82) is 0 Å². The van der Waals surface area contributed by atoms with Crippen molar-refractivity contribution in [3.8, 4) is 11.5 Å². The predicted molar refractivity (Wildman–Crippen MR) is 77.1 cm³/mol. The van der Waals surface area contributed by atoms with Crippen molar-refractivity contribution in [2.24, 2.45) is 0 Å². The molecule has 3 rings (SSSR count). The Bertz CT molecular complexity index is 596. The van der Waals surface area contributed by atoms with Gasteiger partial charge in [0.05, 0.1) is 6.54 Å². The summed E-state index contributed by atoms with van der Waals surface area (Å²) in [5.74, 6) is 2.23. The fourth-order valence-electron chi connectivity index (χ4n) is 1.91. The average Bonchev–Trinajstić information content (AvgIpc) is 2.52. The van der Waals surface area contributed by atoms with E-state index < -0.39 is 0 Å². The lowest BCUT2D eigenvalue weighted by Crippen LogP contribution is -2.34. The van der Waals surface area contributed by atoms with Crippen LogP contribution in [-0.2, 0) is 6.54 Å². The molecule has 2 aromatic carbocycles. The van der Waals surface area contributed by atoms with Crippen LogP contribution in [0.5, 0.6) is 11.5 Å². The van der Waals surface area contributed by atoms with Crippen LogP contribution >= 0.6 is 0 Å². The summed E-state index contributed by atoms with van der Waals surface area (Å²) in [7, 11) is 0. The second-order valence-corrected chi connectivity index (χ2v) is 4.44. The van der Waals surface area contributed by atoms with E-state index in [2.05, 4.69) is 23.0 Å². The number of fused-ring (bicyclic) bond motifs is 1. The molecule has 2 aromatic rings. The summed E-state index contributed by atoms with van der Waals surface area (Å²) >= 11 is 0. The smallest absolute Gasteiger partial charge is 0.169 e. The molecule has 0 aliphatic carbocycles. The van der Waals surface area contributed by atoms with E-state index in [0.717, 1.165) is 23.8 Å². The average molecular weight is 268 g/mol. The number of nitrogens with one attached hydrogen (secondary N) is 2. The summed E-state index contributed by atoms with van der Waals surface area (Å²) in [4.78, 5) is 0. The first-order valence-corrected chi connectivity index (χ1v) is 6.54. The summed E-state index contributed by atoms with van der Waals surface area (Å²) in [5.41, 5.74) is 7.48. The van der Waals surface area contributed by atoms with E-state index in [1.807, 2.05) is 42.5 Å².